The molecular formula is C14H14FN3. The van der Waals surface area contributed by atoms with Gasteiger partial charge in [0.2, 0.25) is 5.95 Å². The average molecular weight is 243 g/mol. The Bertz CT molecular complexity index is 570. The zero-order valence-corrected chi connectivity index (χ0v) is 10.2. The number of hydrogen-bond acceptors (Lipinski definition) is 3. The second-order valence-corrected chi connectivity index (χ2v) is 4.59. The average Bonchev–Trinajstić information content (AvgIpc) is 2.38. The lowest BCUT2D eigenvalue weighted by molar-refractivity contribution is 0.571. The lowest BCUT2D eigenvalue weighted by Gasteiger charge is -2.36. The van der Waals surface area contributed by atoms with Gasteiger partial charge in [-0.25, -0.2) is 9.97 Å². The summed E-state index contributed by atoms with van der Waals surface area (Å²) in [5.41, 5.74) is 2.41. The first-order valence-corrected chi connectivity index (χ1v) is 6.10. The van der Waals surface area contributed by atoms with Crippen molar-refractivity contribution in [2.75, 3.05) is 4.90 Å². The molecule has 3 nitrogen and oxygen atoms in total. The molecule has 0 fully saturated rings. The molecule has 0 saturated carbocycles. The highest BCUT2D eigenvalue weighted by atomic mass is 19.1. The lowest BCUT2D eigenvalue weighted by atomic mass is 9.97. The van der Waals surface area contributed by atoms with Gasteiger partial charge in [-0.05, 0) is 31.4 Å². The molecule has 2 aromatic rings. The van der Waals surface area contributed by atoms with Crippen LogP contribution in [0.5, 0.6) is 0 Å². The third kappa shape index (κ3) is 1.83. The molecule has 2 heterocycles. The number of para-hydroxylation sites is 1. The van der Waals surface area contributed by atoms with Gasteiger partial charge < -0.3 is 4.90 Å². The summed E-state index contributed by atoms with van der Waals surface area (Å²) < 4.78 is 13.2. The van der Waals surface area contributed by atoms with Gasteiger partial charge in [0.25, 0.3) is 0 Å². The Labute approximate surface area is 105 Å². The van der Waals surface area contributed by atoms with Crippen molar-refractivity contribution in [3.05, 3.63) is 48.2 Å². The van der Waals surface area contributed by atoms with E-state index in [0.717, 1.165) is 18.5 Å². The highest BCUT2D eigenvalue weighted by molar-refractivity contribution is 5.66. The van der Waals surface area contributed by atoms with Crippen molar-refractivity contribution in [2.24, 2.45) is 0 Å². The number of aryl methyl sites for hydroxylation is 1. The Balaban J connectivity index is 2.10. The normalized spacial score (nSPS) is 18.6. The molecule has 3 rings (SSSR count). The molecule has 0 bridgehead atoms. The van der Waals surface area contributed by atoms with E-state index in [2.05, 4.69) is 33.9 Å². The fourth-order valence-electron chi connectivity index (χ4n) is 2.49. The van der Waals surface area contributed by atoms with Crippen LogP contribution in [0.1, 0.15) is 18.9 Å². The highest BCUT2D eigenvalue weighted by Crippen LogP contribution is 2.35. The fraction of sp³-hybridized carbons (Fsp3) is 0.286. The first-order valence-electron chi connectivity index (χ1n) is 6.10. The number of benzene rings is 1. The first-order chi connectivity index (χ1) is 8.75. The summed E-state index contributed by atoms with van der Waals surface area (Å²) in [5.74, 6) is 0.136. The summed E-state index contributed by atoms with van der Waals surface area (Å²) in [5, 5.41) is 0. The van der Waals surface area contributed by atoms with Crippen molar-refractivity contribution < 1.29 is 4.39 Å². The van der Waals surface area contributed by atoms with Crippen molar-refractivity contribution in [3.8, 4) is 0 Å². The third-order valence-corrected chi connectivity index (χ3v) is 3.39. The summed E-state index contributed by atoms with van der Waals surface area (Å²) >= 11 is 0. The lowest BCUT2D eigenvalue weighted by Crippen LogP contribution is -2.33. The van der Waals surface area contributed by atoms with Crippen molar-refractivity contribution in [3.63, 3.8) is 0 Å². The molecule has 1 aromatic heterocycles. The number of aromatic nitrogens is 2. The smallest absolute Gasteiger partial charge is 0.218 e. The van der Waals surface area contributed by atoms with Crippen LogP contribution in [-0.2, 0) is 6.42 Å². The van der Waals surface area contributed by atoms with Crippen LogP contribution in [0.2, 0.25) is 0 Å². The van der Waals surface area contributed by atoms with Crippen LogP contribution in [0.25, 0.3) is 0 Å². The Hall–Kier alpha value is -1.97. The highest BCUT2D eigenvalue weighted by Gasteiger charge is 2.25. The van der Waals surface area contributed by atoms with Gasteiger partial charge in [0.05, 0.1) is 0 Å². The quantitative estimate of drug-likeness (QED) is 0.721. The molecular weight excluding hydrogens is 229 g/mol. The predicted molar refractivity (Wildman–Crippen MR) is 68.4 cm³/mol. The zero-order valence-electron chi connectivity index (χ0n) is 10.2. The van der Waals surface area contributed by atoms with Gasteiger partial charge in [0.15, 0.2) is 0 Å². The number of nitrogens with zero attached hydrogens (tertiary/aromatic N) is 3. The van der Waals surface area contributed by atoms with Crippen LogP contribution >= 0.6 is 0 Å². The van der Waals surface area contributed by atoms with Gasteiger partial charge in [-0.1, -0.05) is 18.2 Å². The van der Waals surface area contributed by atoms with Gasteiger partial charge >= 0.3 is 0 Å². The Morgan fingerprint density at radius 1 is 1.28 bits per heavy atom. The number of anilines is 2. The maximum absolute atomic E-state index is 13.2. The summed E-state index contributed by atoms with van der Waals surface area (Å²) in [6.07, 6.45) is 3.37. The zero-order chi connectivity index (χ0) is 12.5. The molecule has 0 N–H and O–H groups in total. The molecule has 1 aromatic carbocycles. The van der Waals surface area contributed by atoms with Crippen LogP contribution < -0.4 is 4.90 Å². The topological polar surface area (TPSA) is 29.0 Å². The van der Waals surface area contributed by atoms with Gasteiger partial charge in [-0.3, -0.25) is 0 Å². The van der Waals surface area contributed by atoms with Gasteiger partial charge in [0, 0.05) is 17.8 Å². The minimum Gasteiger partial charge on any atom is -0.323 e. The molecule has 18 heavy (non-hydrogen) atoms. The summed E-state index contributed by atoms with van der Waals surface area (Å²) in [6, 6.07) is 9.92. The standard InChI is InChI=1S/C14H14FN3/c1-10-6-7-11-4-2-3-5-12(11)18(10)14-8-13(15)16-9-17-14/h2-5,8-10H,6-7H2,1H3. The Morgan fingerprint density at radius 3 is 2.94 bits per heavy atom. The second kappa shape index (κ2) is 4.37. The number of fused-ring (bicyclic) bond motifs is 1. The molecule has 1 aliphatic rings. The van der Waals surface area contributed by atoms with Crippen molar-refractivity contribution in [1.29, 1.82) is 0 Å². The monoisotopic (exact) mass is 243 g/mol. The van der Waals surface area contributed by atoms with E-state index >= 15 is 0 Å². The van der Waals surface area contributed by atoms with Crippen LogP contribution in [0.3, 0.4) is 0 Å². The van der Waals surface area contributed by atoms with Crippen molar-refractivity contribution >= 4 is 11.5 Å². The predicted octanol–water partition coefficient (Wildman–Crippen LogP) is 3.09. The summed E-state index contributed by atoms with van der Waals surface area (Å²) in [4.78, 5) is 9.79. The van der Waals surface area contributed by atoms with E-state index < -0.39 is 5.95 Å². The minimum absolute atomic E-state index is 0.314. The fourth-order valence-corrected chi connectivity index (χ4v) is 2.49. The van der Waals surface area contributed by atoms with Crippen LogP contribution in [0, 0.1) is 5.95 Å². The molecule has 0 amide bonds. The van der Waals surface area contributed by atoms with E-state index in [1.165, 1.54) is 18.0 Å². The van der Waals surface area contributed by atoms with Gasteiger partial charge in [-0.2, -0.15) is 4.39 Å². The van der Waals surface area contributed by atoms with E-state index in [1.807, 2.05) is 12.1 Å². The number of halogens is 1. The molecule has 0 spiro atoms. The van der Waals surface area contributed by atoms with Crippen LogP contribution in [0.15, 0.2) is 36.7 Å². The molecule has 0 radical (unpaired) electrons. The van der Waals surface area contributed by atoms with Gasteiger partial charge in [0.1, 0.15) is 12.1 Å². The molecule has 1 atom stereocenters. The van der Waals surface area contributed by atoms with Crippen LogP contribution in [-0.4, -0.2) is 16.0 Å². The molecule has 1 aliphatic heterocycles. The molecule has 0 saturated heterocycles. The van der Waals surface area contributed by atoms with E-state index in [-0.39, 0.29) is 0 Å². The third-order valence-electron chi connectivity index (χ3n) is 3.39. The van der Waals surface area contributed by atoms with Crippen molar-refractivity contribution in [2.45, 2.75) is 25.8 Å². The number of hydrogen-bond donors (Lipinski definition) is 0. The minimum atomic E-state index is -0.491. The van der Waals surface area contributed by atoms with E-state index in [4.69, 9.17) is 0 Å². The SMILES string of the molecule is CC1CCc2ccccc2N1c1cc(F)ncn1. The number of rotatable bonds is 1. The van der Waals surface area contributed by atoms with E-state index in [1.54, 1.807) is 0 Å². The molecule has 92 valence electrons. The molecule has 4 heteroatoms. The second-order valence-electron chi connectivity index (χ2n) is 4.59. The molecule has 1 unspecified atom stereocenters. The Kier molecular flexibility index (Phi) is 2.70. The van der Waals surface area contributed by atoms with E-state index in [9.17, 15) is 4.39 Å². The van der Waals surface area contributed by atoms with Crippen molar-refractivity contribution in [1.82, 2.24) is 9.97 Å². The maximum atomic E-state index is 13.2. The summed E-state index contributed by atoms with van der Waals surface area (Å²) in [7, 11) is 0. The van der Waals surface area contributed by atoms with Gasteiger partial charge in [-0.15, -0.1) is 0 Å². The summed E-state index contributed by atoms with van der Waals surface area (Å²) in [6.45, 7) is 2.13. The van der Waals surface area contributed by atoms with Crippen LogP contribution in [0.4, 0.5) is 15.9 Å². The largest absolute Gasteiger partial charge is 0.323 e. The first kappa shape index (κ1) is 11.1. The Morgan fingerprint density at radius 2 is 2.11 bits per heavy atom. The van der Waals surface area contributed by atoms with E-state index in [0.29, 0.717) is 11.9 Å². The molecule has 0 aliphatic carbocycles. The maximum Gasteiger partial charge on any atom is 0.218 e.